The highest BCUT2D eigenvalue weighted by molar-refractivity contribution is 6.32. The smallest absolute Gasteiger partial charge is 0.138 e. The van der Waals surface area contributed by atoms with Gasteiger partial charge < -0.3 is 10.5 Å². The number of aryl methyl sites for hydroxylation is 1. The molecule has 1 aromatic heterocycles. The fourth-order valence-corrected chi connectivity index (χ4v) is 2.30. The van der Waals surface area contributed by atoms with E-state index in [0.29, 0.717) is 17.3 Å². The Morgan fingerprint density at radius 2 is 2.11 bits per heavy atom. The Labute approximate surface area is 112 Å². The van der Waals surface area contributed by atoms with Gasteiger partial charge in [-0.05, 0) is 30.7 Å². The van der Waals surface area contributed by atoms with Crippen LogP contribution in [-0.4, -0.2) is 18.6 Å². The first kappa shape index (κ1) is 13.1. The van der Waals surface area contributed by atoms with Crippen LogP contribution in [0.3, 0.4) is 0 Å². The molecule has 2 aromatic rings. The molecule has 0 spiro atoms. The number of hydrogen-bond acceptors (Lipinski definition) is 3. The lowest BCUT2D eigenvalue weighted by Crippen LogP contribution is -2.12. The number of halogens is 1. The van der Waals surface area contributed by atoms with Crippen molar-refractivity contribution in [2.75, 3.05) is 13.7 Å². The topological polar surface area (TPSA) is 48.1 Å². The first-order valence-corrected chi connectivity index (χ1v) is 6.29. The van der Waals surface area contributed by atoms with Crippen molar-refractivity contribution in [3.63, 3.8) is 0 Å². The lowest BCUT2D eigenvalue weighted by molar-refractivity contribution is 0.415. The molecule has 0 fully saturated rings. The van der Waals surface area contributed by atoms with Crippen LogP contribution in [0.5, 0.6) is 5.75 Å². The Hall–Kier alpha value is -1.32. The van der Waals surface area contributed by atoms with Crippen LogP contribution >= 0.6 is 11.6 Å². The lowest BCUT2D eigenvalue weighted by Gasteiger charge is -2.13. The van der Waals surface area contributed by atoms with E-state index in [4.69, 9.17) is 22.1 Å². The van der Waals surface area contributed by atoms with E-state index >= 15 is 0 Å². The fraction of sp³-hybridized carbons (Fsp3) is 0.357. The van der Waals surface area contributed by atoms with Crippen LogP contribution in [0.4, 0.5) is 0 Å². The first-order chi connectivity index (χ1) is 8.56. The highest BCUT2D eigenvalue weighted by Crippen LogP contribution is 2.31. The molecule has 0 amide bonds. The molecule has 1 heterocycles. The predicted molar refractivity (Wildman–Crippen MR) is 75.5 cm³/mol. The van der Waals surface area contributed by atoms with Crippen molar-refractivity contribution in [1.29, 1.82) is 0 Å². The van der Waals surface area contributed by atoms with Gasteiger partial charge in [-0.2, -0.15) is 0 Å². The summed E-state index contributed by atoms with van der Waals surface area (Å²) < 4.78 is 5.21. The van der Waals surface area contributed by atoms with Crippen molar-refractivity contribution >= 4 is 22.5 Å². The maximum absolute atomic E-state index is 6.12. The normalized spacial score (nSPS) is 12.7. The number of rotatable bonds is 3. The molecule has 4 heteroatoms. The Kier molecular flexibility index (Phi) is 3.73. The van der Waals surface area contributed by atoms with Crippen LogP contribution in [0, 0.1) is 6.92 Å². The minimum atomic E-state index is 0.246. The molecule has 2 N–H and O–H groups in total. The SMILES string of the molecule is COc1cc2cc(C)c(C(C)CN)nc2cc1Cl. The summed E-state index contributed by atoms with van der Waals surface area (Å²) in [6.45, 7) is 4.71. The third-order valence-electron chi connectivity index (χ3n) is 3.14. The third-order valence-corrected chi connectivity index (χ3v) is 3.43. The van der Waals surface area contributed by atoms with Crippen LogP contribution in [0.15, 0.2) is 18.2 Å². The number of nitrogens with zero attached hydrogens (tertiary/aromatic N) is 1. The Morgan fingerprint density at radius 3 is 2.72 bits per heavy atom. The maximum atomic E-state index is 6.12. The molecule has 0 bridgehead atoms. The van der Waals surface area contributed by atoms with Gasteiger partial charge >= 0.3 is 0 Å². The van der Waals surface area contributed by atoms with E-state index in [2.05, 4.69) is 24.9 Å². The molecule has 96 valence electrons. The lowest BCUT2D eigenvalue weighted by atomic mass is 10.0. The number of ether oxygens (including phenoxy) is 1. The molecule has 0 radical (unpaired) electrons. The standard InChI is InChI=1S/C14H17ClN2O/c1-8-4-10-5-13(18-3)11(15)6-12(10)17-14(8)9(2)7-16/h4-6,9H,7,16H2,1-3H3. The summed E-state index contributed by atoms with van der Waals surface area (Å²) in [4.78, 5) is 4.66. The monoisotopic (exact) mass is 264 g/mol. The largest absolute Gasteiger partial charge is 0.495 e. The first-order valence-electron chi connectivity index (χ1n) is 5.91. The highest BCUT2D eigenvalue weighted by Gasteiger charge is 2.12. The van der Waals surface area contributed by atoms with Crippen molar-refractivity contribution in [3.8, 4) is 5.75 Å². The van der Waals surface area contributed by atoms with Gasteiger partial charge in [-0.1, -0.05) is 18.5 Å². The molecular weight excluding hydrogens is 248 g/mol. The zero-order chi connectivity index (χ0) is 13.3. The van der Waals surface area contributed by atoms with Crippen LogP contribution < -0.4 is 10.5 Å². The van der Waals surface area contributed by atoms with Gasteiger partial charge in [0, 0.05) is 23.5 Å². The number of pyridine rings is 1. The molecule has 2 rings (SSSR count). The van der Waals surface area contributed by atoms with Crippen molar-refractivity contribution in [2.45, 2.75) is 19.8 Å². The number of nitrogens with two attached hydrogens (primary N) is 1. The van der Waals surface area contributed by atoms with Crippen molar-refractivity contribution in [1.82, 2.24) is 4.98 Å². The fourth-order valence-electron chi connectivity index (χ4n) is 2.06. The highest BCUT2D eigenvalue weighted by atomic mass is 35.5. The summed E-state index contributed by atoms with van der Waals surface area (Å²) >= 11 is 6.12. The molecule has 18 heavy (non-hydrogen) atoms. The van der Waals surface area contributed by atoms with Gasteiger partial charge in [-0.3, -0.25) is 4.98 Å². The number of aromatic nitrogens is 1. The quantitative estimate of drug-likeness (QED) is 0.926. The Balaban J connectivity index is 2.64. The average molecular weight is 265 g/mol. The van der Waals surface area contributed by atoms with Gasteiger partial charge in [0.2, 0.25) is 0 Å². The summed E-state index contributed by atoms with van der Waals surface area (Å²) in [5.41, 5.74) is 8.76. The van der Waals surface area contributed by atoms with Crippen LogP contribution in [0.25, 0.3) is 10.9 Å². The molecule has 0 saturated carbocycles. The summed E-state index contributed by atoms with van der Waals surface area (Å²) in [6.07, 6.45) is 0. The second kappa shape index (κ2) is 5.12. The maximum Gasteiger partial charge on any atom is 0.138 e. The molecule has 1 unspecified atom stereocenters. The number of hydrogen-bond donors (Lipinski definition) is 1. The summed E-state index contributed by atoms with van der Waals surface area (Å²) in [6, 6.07) is 5.85. The van der Waals surface area contributed by atoms with Crippen molar-refractivity contribution in [3.05, 3.63) is 34.5 Å². The minimum Gasteiger partial charge on any atom is -0.495 e. The second-order valence-corrected chi connectivity index (χ2v) is 4.91. The number of fused-ring (bicyclic) bond motifs is 1. The van der Waals surface area contributed by atoms with Gasteiger partial charge in [0.1, 0.15) is 5.75 Å². The average Bonchev–Trinajstić information content (AvgIpc) is 2.37. The molecule has 1 atom stereocenters. The zero-order valence-corrected chi connectivity index (χ0v) is 11.6. The Morgan fingerprint density at radius 1 is 1.39 bits per heavy atom. The molecule has 1 aromatic carbocycles. The summed E-state index contributed by atoms with van der Waals surface area (Å²) in [5.74, 6) is 0.917. The minimum absolute atomic E-state index is 0.246. The zero-order valence-electron chi connectivity index (χ0n) is 10.8. The van der Waals surface area contributed by atoms with Gasteiger partial charge in [0.15, 0.2) is 0 Å². The summed E-state index contributed by atoms with van der Waals surface area (Å²) in [7, 11) is 1.61. The van der Waals surface area contributed by atoms with E-state index in [0.717, 1.165) is 22.2 Å². The van der Waals surface area contributed by atoms with E-state index < -0.39 is 0 Å². The van der Waals surface area contributed by atoms with Crippen molar-refractivity contribution < 1.29 is 4.74 Å². The molecule has 0 aliphatic rings. The van der Waals surface area contributed by atoms with E-state index in [-0.39, 0.29) is 5.92 Å². The van der Waals surface area contributed by atoms with Crippen LogP contribution in [0.1, 0.15) is 24.1 Å². The van der Waals surface area contributed by atoms with E-state index in [1.165, 1.54) is 0 Å². The summed E-state index contributed by atoms with van der Waals surface area (Å²) in [5, 5.41) is 1.61. The molecule has 3 nitrogen and oxygen atoms in total. The van der Waals surface area contributed by atoms with Crippen molar-refractivity contribution in [2.24, 2.45) is 5.73 Å². The molecule has 0 saturated heterocycles. The van der Waals surface area contributed by atoms with Crippen LogP contribution in [0.2, 0.25) is 5.02 Å². The number of benzene rings is 1. The second-order valence-electron chi connectivity index (χ2n) is 4.51. The Bertz CT molecular complexity index is 584. The van der Waals surface area contributed by atoms with Crippen LogP contribution in [-0.2, 0) is 0 Å². The molecule has 0 aliphatic heterocycles. The van der Waals surface area contributed by atoms with Gasteiger partial charge in [-0.25, -0.2) is 0 Å². The number of methoxy groups -OCH3 is 1. The molecule has 0 aliphatic carbocycles. The van der Waals surface area contributed by atoms with Gasteiger partial charge in [-0.15, -0.1) is 0 Å². The van der Waals surface area contributed by atoms with E-state index in [1.807, 2.05) is 12.1 Å². The van der Waals surface area contributed by atoms with Gasteiger partial charge in [0.25, 0.3) is 0 Å². The van der Waals surface area contributed by atoms with E-state index in [1.54, 1.807) is 7.11 Å². The molecular formula is C14H17ClN2O. The third kappa shape index (κ3) is 2.28. The van der Waals surface area contributed by atoms with E-state index in [9.17, 15) is 0 Å². The predicted octanol–water partition coefficient (Wildman–Crippen LogP) is 3.27. The van der Waals surface area contributed by atoms with Gasteiger partial charge in [0.05, 0.1) is 17.6 Å².